The van der Waals surface area contributed by atoms with E-state index < -0.39 is 0 Å². The van der Waals surface area contributed by atoms with Gasteiger partial charge in [-0.3, -0.25) is 0 Å². The minimum absolute atomic E-state index is 0.202. The second-order valence-electron chi connectivity index (χ2n) is 4.11. The van der Waals surface area contributed by atoms with Crippen LogP contribution in [0.3, 0.4) is 0 Å². The van der Waals surface area contributed by atoms with Gasteiger partial charge in [0.15, 0.2) is 0 Å². The highest BCUT2D eigenvalue weighted by molar-refractivity contribution is 9.10. The summed E-state index contributed by atoms with van der Waals surface area (Å²) in [4.78, 5) is 0. The van der Waals surface area contributed by atoms with Gasteiger partial charge in [-0.25, -0.2) is 0 Å². The van der Waals surface area contributed by atoms with Gasteiger partial charge in [-0.05, 0) is 42.3 Å². The van der Waals surface area contributed by atoms with Crippen LogP contribution in [0.2, 0.25) is 5.02 Å². The van der Waals surface area contributed by atoms with Crippen LogP contribution in [0.1, 0.15) is 24.1 Å². The molecule has 2 nitrogen and oxygen atoms in total. The molecule has 0 amide bonds. The zero-order chi connectivity index (χ0) is 13.0. The van der Waals surface area contributed by atoms with Crippen molar-refractivity contribution in [2.75, 3.05) is 6.54 Å². The quantitative estimate of drug-likeness (QED) is 0.868. The van der Waals surface area contributed by atoms with Crippen LogP contribution in [0.4, 0.5) is 0 Å². The highest BCUT2D eigenvalue weighted by atomic mass is 79.9. The van der Waals surface area contributed by atoms with Crippen LogP contribution in [-0.2, 0) is 6.42 Å². The Hall–Kier alpha value is -0.770. The number of likely N-dealkylation sites (N-methyl/N-ethyl adjacent to an activating group) is 1. The molecule has 0 aliphatic carbocycles. The molecule has 0 aliphatic rings. The lowest BCUT2D eigenvalue weighted by Crippen LogP contribution is -2.23. The highest BCUT2D eigenvalue weighted by Gasteiger charge is 2.15. The Morgan fingerprint density at radius 3 is 2.83 bits per heavy atom. The van der Waals surface area contributed by atoms with E-state index in [1.807, 2.05) is 18.2 Å². The van der Waals surface area contributed by atoms with Gasteiger partial charge >= 0.3 is 0 Å². The molecule has 18 heavy (non-hydrogen) atoms. The molecule has 2 aromatic rings. The maximum atomic E-state index is 6.31. The van der Waals surface area contributed by atoms with Crippen molar-refractivity contribution in [3.8, 4) is 0 Å². The van der Waals surface area contributed by atoms with E-state index in [1.165, 1.54) is 5.56 Å². The van der Waals surface area contributed by atoms with Crippen molar-refractivity contribution in [3.05, 3.63) is 57.4 Å². The van der Waals surface area contributed by atoms with Crippen molar-refractivity contribution in [2.45, 2.75) is 19.4 Å². The van der Waals surface area contributed by atoms with E-state index in [0.29, 0.717) is 0 Å². The van der Waals surface area contributed by atoms with Crippen LogP contribution in [0.5, 0.6) is 0 Å². The number of nitrogens with one attached hydrogen (secondary N) is 1. The Kier molecular flexibility index (Phi) is 4.87. The fraction of sp³-hybridized carbons (Fsp3) is 0.286. The maximum Gasteiger partial charge on any atom is 0.0935 e. The van der Waals surface area contributed by atoms with Gasteiger partial charge in [-0.15, -0.1) is 0 Å². The first-order valence-electron chi connectivity index (χ1n) is 5.90. The van der Waals surface area contributed by atoms with E-state index in [0.717, 1.165) is 28.0 Å². The number of benzene rings is 1. The Bertz CT molecular complexity index is 499. The first kappa shape index (κ1) is 13.7. The van der Waals surface area contributed by atoms with E-state index in [4.69, 9.17) is 16.0 Å². The first-order chi connectivity index (χ1) is 8.70. The molecule has 2 rings (SSSR count). The highest BCUT2D eigenvalue weighted by Crippen LogP contribution is 2.28. The van der Waals surface area contributed by atoms with Crippen molar-refractivity contribution < 1.29 is 4.42 Å². The second-order valence-corrected chi connectivity index (χ2v) is 5.43. The van der Waals surface area contributed by atoms with Crippen molar-refractivity contribution >= 4 is 27.5 Å². The molecule has 1 atom stereocenters. The molecule has 0 aliphatic heterocycles. The smallest absolute Gasteiger partial charge is 0.0935 e. The van der Waals surface area contributed by atoms with Crippen molar-refractivity contribution in [3.63, 3.8) is 0 Å². The lowest BCUT2D eigenvalue weighted by Gasteiger charge is -2.19. The van der Waals surface area contributed by atoms with Crippen LogP contribution in [0.25, 0.3) is 0 Å². The summed E-state index contributed by atoms with van der Waals surface area (Å²) in [6, 6.07) is 8.18. The van der Waals surface area contributed by atoms with Gasteiger partial charge in [-0.2, -0.15) is 0 Å². The largest absolute Gasteiger partial charge is 0.472 e. The second kappa shape index (κ2) is 6.41. The number of hydrogen-bond acceptors (Lipinski definition) is 2. The molecule has 96 valence electrons. The van der Waals surface area contributed by atoms with Crippen LogP contribution in [0, 0.1) is 0 Å². The summed E-state index contributed by atoms with van der Waals surface area (Å²) in [5.41, 5.74) is 2.28. The van der Waals surface area contributed by atoms with E-state index in [2.05, 4.69) is 34.2 Å². The number of halogens is 2. The zero-order valence-electron chi connectivity index (χ0n) is 10.1. The number of rotatable bonds is 5. The summed E-state index contributed by atoms with van der Waals surface area (Å²) in [5.74, 6) is 0. The molecule has 0 bridgehead atoms. The number of hydrogen-bond donors (Lipinski definition) is 1. The molecule has 1 aromatic heterocycles. The number of furan rings is 1. The summed E-state index contributed by atoms with van der Waals surface area (Å²) in [7, 11) is 0. The van der Waals surface area contributed by atoms with E-state index >= 15 is 0 Å². The molecule has 1 heterocycles. The summed E-state index contributed by atoms with van der Waals surface area (Å²) >= 11 is 9.73. The molecule has 4 heteroatoms. The molecule has 0 fully saturated rings. The standard InChI is InChI=1S/C14H15BrClNO/c1-2-17-14(7-10-5-6-18-9-10)12-4-3-11(15)8-13(12)16/h3-6,8-9,14,17H,2,7H2,1H3. The Morgan fingerprint density at radius 1 is 1.39 bits per heavy atom. The molecular weight excluding hydrogens is 314 g/mol. The van der Waals surface area contributed by atoms with Gasteiger partial charge < -0.3 is 9.73 Å². The molecule has 1 N–H and O–H groups in total. The van der Waals surface area contributed by atoms with E-state index in [9.17, 15) is 0 Å². The van der Waals surface area contributed by atoms with Crippen LogP contribution in [0.15, 0.2) is 45.7 Å². The third-order valence-electron chi connectivity index (χ3n) is 2.81. The predicted molar refractivity (Wildman–Crippen MR) is 78.0 cm³/mol. The Labute approximate surface area is 120 Å². The topological polar surface area (TPSA) is 25.2 Å². The zero-order valence-corrected chi connectivity index (χ0v) is 12.5. The molecule has 1 unspecified atom stereocenters. The monoisotopic (exact) mass is 327 g/mol. The van der Waals surface area contributed by atoms with E-state index in [1.54, 1.807) is 12.5 Å². The van der Waals surface area contributed by atoms with Gasteiger partial charge in [0.2, 0.25) is 0 Å². The lowest BCUT2D eigenvalue weighted by molar-refractivity contribution is 0.535. The molecular formula is C14H15BrClNO. The van der Waals surface area contributed by atoms with E-state index in [-0.39, 0.29) is 6.04 Å². The molecule has 1 aromatic carbocycles. The molecule has 0 saturated carbocycles. The fourth-order valence-electron chi connectivity index (χ4n) is 1.97. The van der Waals surface area contributed by atoms with Gasteiger partial charge in [0.1, 0.15) is 0 Å². The minimum atomic E-state index is 0.202. The average Bonchev–Trinajstić information content (AvgIpc) is 2.81. The Balaban J connectivity index is 2.23. The minimum Gasteiger partial charge on any atom is -0.472 e. The molecule has 0 radical (unpaired) electrons. The van der Waals surface area contributed by atoms with Crippen molar-refractivity contribution in [2.24, 2.45) is 0 Å². The normalized spacial score (nSPS) is 12.6. The van der Waals surface area contributed by atoms with Crippen molar-refractivity contribution in [1.82, 2.24) is 5.32 Å². The summed E-state index contributed by atoms with van der Waals surface area (Å²) in [6.45, 7) is 2.99. The third kappa shape index (κ3) is 3.37. The van der Waals surface area contributed by atoms with Gasteiger partial charge in [-0.1, -0.05) is 40.5 Å². The molecule has 0 saturated heterocycles. The van der Waals surface area contributed by atoms with Gasteiger partial charge in [0.05, 0.1) is 12.5 Å². The summed E-state index contributed by atoms with van der Waals surface area (Å²) < 4.78 is 6.11. The Morgan fingerprint density at radius 2 is 2.22 bits per heavy atom. The van der Waals surface area contributed by atoms with Gasteiger partial charge in [0.25, 0.3) is 0 Å². The summed E-state index contributed by atoms with van der Waals surface area (Å²) in [5, 5.41) is 4.23. The van der Waals surface area contributed by atoms with Crippen molar-refractivity contribution in [1.29, 1.82) is 0 Å². The third-order valence-corrected chi connectivity index (χ3v) is 3.63. The van der Waals surface area contributed by atoms with Crippen LogP contribution < -0.4 is 5.32 Å². The lowest BCUT2D eigenvalue weighted by atomic mass is 10.0. The molecule has 0 spiro atoms. The SMILES string of the molecule is CCNC(Cc1ccoc1)c1ccc(Br)cc1Cl. The predicted octanol–water partition coefficient (Wildman–Crippen LogP) is 4.59. The fourth-order valence-corrected chi connectivity index (χ4v) is 2.77. The maximum absolute atomic E-state index is 6.31. The summed E-state index contributed by atoms with van der Waals surface area (Å²) in [6.07, 6.45) is 4.34. The van der Waals surface area contributed by atoms with Crippen LogP contribution >= 0.6 is 27.5 Å². The van der Waals surface area contributed by atoms with Gasteiger partial charge in [0, 0.05) is 15.5 Å². The van der Waals surface area contributed by atoms with Crippen LogP contribution in [-0.4, -0.2) is 6.54 Å². The average molecular weight is 329 g/mol. The first-order valence-corrected chi connectivity index (χ1v) is 7.07.